The lowest BCUT2D eigenvalue weighted by molar-refractivity contribution is 0.116. The van der Waals surface area contributed by atoms with Crippen molar-refractivity contribution in [1.82, 2.24) is 5.32 Å². The normalized spacial score (nSPS) is 37.5. The van der Waals surface area contributed by atoms with Crippen molar-refractivity contribution in [3.8, 4) is 0 Å². The predicted molar refractivity (Wildman–Crippen MR) is 41.9 cm³/mol. The lowest BCUT2D eigenvalue weighted by atomic mass is 9.92. The van der Waals surface area contributed by atoms with Gasteiger partial charge in [0.15, 0.2) is 0 Å². The number of nitrogens with one attached hydrogen (secondary N) is 1. The van der Waals surface area contributed by atoms with Gasteiger partial charge in [0.2, 0.25) is 0 Å². The average Bonchev–Trinajstić information content (AvgIpc) is 1.88. The maximum Gasteiger partial charge on any atom is 0.0665 e. The number of aliphatic hydroxyl groups excluding tert-OH is 1. The van der Waals surface area contributed by atoms with Gasteiger partial charge in [-0.15, -0.1) is 0 Å². The van der Waals surface area contributed by atoms with E-state index in [2.05, 4.69) is 12.2 Å². The van der Waals surface area contributed by atoms with E-state index in [0.717, 1.165) is 18.9 Å². The van der Waals surface area contributed by atoms with Crippen molar-refractivity contribution in [2.45, 2.75) is 38.8 Å². The van der Waals surface area contributed by atoms with E-state index in [1.807, 2.05) is 6.92 Å². The molecule has 1 saturated heterocycles. The molecule has 0 radical (unpaired) electrons. The highest BCUT2D eigenvalue weighted by Gasteiger charge is 2.21. The maximum atomic E-state index is 9.23. The number of hydrogen-bond donors (Lipinski definition) is 2. The molecular formula is C8H17NO. The van der Waals surface area contributed by atoms with Crippen LogP contribution < -0.4 is 5.32 Å². The Bertz CT molecular complexity index is 103. The first-order valence-corrected chi connectivity index (χ1v) is 4.11. The van der Waals surface area contributed by atoms with Gasteiger partial charge >= 0.3 is 0 Å². The van der Waals surface area contributed by atoms with Crippen LogP contribution in [0.1, 0.15) is 26.7 Å². The van der Waals surface area contributed by atoms with E-state index in [4.69, 9.17) is 0 Å². The summed E-state index contributed by atoms with van der Waals surface area (Å²) in [4.78, 5) is 0. The molecule has 2 nitrogen and oxygen atoms in total. The van der Waals surface area contributed by atoms with Crippen LogP contribution in [-0.4, -0.2) is 23.8 Å². The summed E-state index contributed by atoms with van der Waals surface area (Å²) in [6.45, 7) is 5.17. The maximum absolute atomic E-state index is 9.23. The lowest BCUT2D eigenvalue weighted by Gasteiger charge is -2.29. The molecule has 1 fully saturated rings. The second kappa shape index (κ2) is 3.35. The first kappa shape index (κ1) is 8.02. The van der Waals surface area contributed by atoms with Crippen LogP contribution in [0.2, 0.25) is 0 Å². The summed E-state index contributed by atoms with van der Waals surface area (Å²) in [6.07, 6.45) is 2.18. The molecule has 0 bridgehead atoms. The molecule has 2 heteroatoms. The SMILES string of the molecule is C[C@@H]1CCN[C@@H]([C@@H](C)O)C1. The van der Waals surface area contributed by atoms with Gasteiger partial charge < -0.3 is 10.4 Å². The van der Waals surface area contributed by atoms with Crippen molar-refractivity contribution in [3.63, 3.8) is 0 Å². The predicted octanol–water partition coefficient (Wildman–Crippen LogP) is 0.755. The lowest BCUT2D eigenvalue weighted by Crippen LogP contribution is -2.44. The topological polar surface area (TPSA) is 32.3 Å². The van der Waals surface area contributed by atoms with Crippen LogP contribution in [0, 0.1) is 5.92 Å². The largest absolute Gasteiger partial charge is 0.392 e. The minimum atomic E-state index is -0.192. The van der Waals surface area contributed by atoms with Crippen LogP contribution in [0.3, 0.4) is 0 Å². The number of aliphatic hydroxyl groups is 1. The average molecular weight is 143 g/mol. The molecule has 0 unspecified atom stereocenters. The highest BCUT2D eigenvalue weighted by atomic mass is 16.3. The molecule has 1 aliphatic heterocycles. The smallest absolute Gasteiger partial charge is 0.0665 e. The molecule has 0 saturated carbocycles. The third kappa shape index (κ3) is 1.96. The minimum absolute atomic E-state index is 0.192. The molecular weight excluding hydrogens is 126 g/mol. The van der Waals surface area contributed by atoms with Crippen molar-refractivity contribution in [2.24, 2.45) is 5.92 Å². The zero-order chi connectivity index (χ0) is 7.56. The van der Waals surface area contributed by atoms with Crippen molar-refractivity contribution >= 4 is 0 Å². The summed E-state index contributed by atoms with van der Waals surface area (Å²) in [6, 6.07) is 0.337. The Morgan fingerprint density at radius 2 is 2.30 bits per heavy atom. The Morgan fingerprint density at radius 1 is 1.60 bits per heavy atom. The van der Waals surface area contributed by atoms with E-state index in [1.165, 1.54) is 6.42 Å². The molecule has 0 spiro atoms. The summed E-state index contributed by atoms with van der Waals surface area (Å²) in [5.41, 5.74) is 0. The van der Waals surface area contributed by atoms with E-state index in [1.54, 1.807) is 0 Å². The monoisotopic (exact) mass is 143 g/mol. The molecule has 10 heavy (non-hydrogen) atoms. The van der Waals surface area contributed by atoms with Gasteiger partial charge in [-0.05, 0) is 32.2 Å². The van der Waals surface area contributed by atoms with Gasteiger partial charge in [0.1, 0.15) is 0 Å². The van der Waals surface area contributed by atoms with Gasteiger partial charge in [0, 0.05) is 6.04 Å². The van der Waals surface area contributed by atoms with Crippen molar-refractivity contribution < 1.29 is 5.11 Å². The second-order valence-electron chi connectivity index (χ2n) is 3.43. The van der Waals surface area contributed by atoms with Crippen LogP contribution in [0.4, 0.5) is 0 Å². The first-order chi connectivity index (χ1) is 4.70. The standard InChI is InChI=1S/C8H17NO/c1-6-3-4-9-8(5-6)7(2)10/h6-10H,3-5H2,1-2H3/t6-,7-,8-/m1/s1. The van der Waals surface area contributed by atoms with E-state index in [0.29, 0.717) is 6.04 Å². The van der Waals surface area contributed by atoms with Gasteiger partial charge in [-0.1, -0.05) is 6.92 Å². The first-order valence-electron chi connectivity index (χ1n) is 4.11. The molecule has 60 valence electrons. The molecule has 0 aromatic carbocycles. The Balaban J connectivity index is 2.32. The van der Waals surface area contributed by atoms with E-state index in [-0.39, 0.29) is 6.10 Å². The van der Waals surface area contributed by atoms with Crippen LogP contribution in [-0.2, 0) is 0 Å². The van der Waals surface area contributed by atoms with Crippen molar-refractivity contribution in [3.05, 3.63) is 0 Å². The highest BCUT2D eigenvalue weighted by Crippen LogP contribution is 2.16. The molecule has 1 rings (SSSR count). The summed E-state index contributed by atoms with van der Waals surface area (Å²) < 4.78 is 0. The minimum Gasteiger partial charge on any atom is -0.392 e. The number of piperidine rings is 1. The molecule has 1 heterocycles. The Hall–Kier alpha value is -0.0800. The van der Waals surface area contributed by atoms with E-state index >= 15 is 0 Å². The third-order valence-corrected chi connectivity index (χ3v) is 2.28. The molecule has 3 atom stereocenters. The molecule has 0 aliphatic carbocycles. The summed E-state index contributed by atoms with van der Waals surface area (Å²) in [7, 11) is 0. The van der Waals surface area contributed by atoms with Crippen LogP contribution >= 0.6 is 0 Å². The Kier molecular flexibility index (Phi) is 2.69. The summed E-state index contributed by atoms with van der Waals surface area (Å²) in [5.74, 6) is 0.779. The highest BCUT2D eigenvalue weighted by molar-refractivity contribution is 4.79. The van der Waals surface area contributed by atoms with Crippen LogP contribution in [0.15, 0.2) is 0 Å². The van der Waals surface area contributed by atoms with Gasteiger partial charge in [-0.25, -0.2) is 0 Å². The van der Waals surface area contributed by atoms with Gasteiger partial charge in [-0.2, -0.15) is 0 Å². The third-order valence-electron chi connectivity index (χ3n) is 2.28. The fourth-order valence-electron chi connectivity index (χ4n) is 1.52. The molecule has 0 amide bonds. The van der Waals surface area contributed by atoms with Crippen molar-refractivity contribution in [1.29, 1.82) is 0 Å². The Morgan fingerprint density at radius 3 is 2.70 bits per heavy atom. The number of rotatable bonds is 1. The van der Waals surface area contributed by atoms with Crippen LogP contribution in [0.5, 0.6) is 0 Å². The van der Waals surface area contributed by atoms with E-state index in [9.17, 15) is 5.11 Å². The van der Waals surface area contributed by atoms with Crippen molar-refractivity contribution in [2.75, 3.05) is 6.54 Å². The molecule has 0 aromatic heterocycles. The zero-order valence-corrected chi connectivity index (χ0v) is 6.80. The summed E-state index contributed by atoms with van der Waals surface area (Å²) >= 11 is 0. The fourth-order valence-corrected chi connectivity index (χ4v) is 1.52. The van der Waals surface area contributed by atoms with E-state index < -0.39 is 0 Å². The van der Waals surface area contributed by atoms with Gasteiger partial charge in [-0.3, -0.25) is 0 Å². The zero-order valence-electron chi connectivity index (χ0n) is 6.80. The molecule has 2 N–H and O–H groups in total. The summed E-state index contributed by atoms with van der Waals surface area (Å²) in [5, 5.41) is 12.5. The quantitative estimate of drug-likeness (QED) is 0.568. The molecule has 0 aromatic rings. The molecule has 1 aliphatic rings. The second-order valence-corrected chi connectivity index (χ2v) is 3.43. The van der Waals surface area contributed by atoms with Gasteiger partial charge in [0.05, 0.1) is 6.10 Å². The van der Waals surface area contributed by atoms with Gasteiger partial charge in [0.25, 0.3) is 0 Å². The van der Waals surface area contributed by atoms with Crippen LogP contribution in [0.25, 0.3) is 0 Å². The number of hydrogen-bond acceptors (Lipinski definition) is 2. The fraction of sp³-hybridized carbons (Fsp3) is 1.00. The Labute approximate surface area is 62.6 Å².